The van der Waals surface area contributed by atoms with Crippen LogP contribution in [0.15, 0.2) is 6.20 Å². The number of nitrogens with one attached hydrogen (secondary N) is 2. The smallest absolute Gasteiger partial charge is 0.245 e. The van der Waals surface area contributed by atoms with Crippen LogP contribution in [0.2, 0.25) is 0 Å². The molecule has 0 bridgehead atoms. The molecule has 0 spiro atoms. The molecule has 1 aliphatic rings. The molecule has 2 heterocycles. The van der Waals surface area contributed by atoms with Gasteiger partial charge in [0.15, 0.2) is 0 Å². The van der Waals surface area contributed by atoms with Gasteiger partial charge in [-0.05, 0) is 20.8 Å². The minimum atomic E-state index is -0.595. The molecular weight excluding hydrogens is 230 g/mol. The Kier molecular flexibility index (Phi) is 3.11. The number of aryl methyl sites for hydroxylation is 1. The van der Waals surface area contributed by atoms with Crippen molar-refractivity contribution in [3.05, 3.63) is 11.8 Å². The maximum absolute atomic E-state index is 12.0. The second-order valence-electron chi connectivity index (χ2n) is 4.92. The third-order valence-corrected chi connectivity index (χ3v) is 3.28. The van der Waals surface area contributed by atoms with E-state index in [1.807, 2.05) is 25.7 Å². The Balaban J connectivity index is 2.43. The fraction of sp³-hybridized carbons (Fsp3) is 0.583. The van der Waals surface area contributed by atoms with Crippen LogP contribution in [0.5, 0.6) is 0 Å². The van der Waals surface area contributed by atoms with Crippen molar-refractivity contribution in [1.29, 1.82) is 0 Å². The lowest BCUT2D eigenvalue weighted by Gasteiger charge is -2.42. The molecule has 2 rings (SSSR count). The normalized spacial score (nSPS) is 18.4. The van der Waals surface area contributed by atoms with Crippen molar-refractivity contribution in [1.82, 2.24) is 15.3 Å². The van der Waals surface area contributed by atoms with Crippen LogP contribution in [0.25, 0.3) is 0 Å². The van der Waals surface area contributed by atoms with Gasteiger partial charge in [-0.25, -0.2) is 4.98 Å². The van der Waals surface area contributed by atoms with Gasteiger partial charge >= 0.3 is 0 Å². The predicted octanol–water partition coefficient (Wildman–Crippen LogP) is 0.542. The number of nitrogens with zero attached hydrogens (tertiary/aromatic N) is 3. The van der Waals surface area contributed by atoms with Gasteiger partial charge in [-0.2, -0.15) is 4.98 Å². The Bertz CT molecular complexity index is 472. The largest absolute Gasteiger partial charge is 0.357 e. The van der Waals surface area contributed by atoms with Crippen LogP contribution in [0.3, 0.4) is 0 Å². The number of rotatable bonds is 2. The van der Waals surface area contributed by atoms with Crippen LogP contribution in [0, 0.1) is 6.92 Å². The van der Waals surface area contributed by atoms with Crippen LogP contribution in [-0.4, -0.2) is 41.6 Å². The summed E-state index contributed by atoms with van der Waals surface area (Å²) in [5.74, 6) is 1.41. The predicted molar refractivity (Wildman–Crippen MR) is 70.8 cm³/mol. The maximum Gasteiger partial charge on any atom is 0.245 e. The summed E-state index contributed by atoms with van der Waals surface area (Å²) < 4.78 is 0. The molecule has 2 N–H and O–H groups in total. The summed E-state index contributed by atoms with van der Waals surface area (Å²) in [6, 6.07) is 0. The Morgan fingerprint density at radius 3 is 2.89 bits per heavy atom. The second kappa shape index (κ2) is 4.44. The van der Waals surface area contributed by atoms with E-state index < -0.39 is 5.54 Å². The lowest BCUT2D eigenvalue weighted by atomic mass is 9.98. The van der Waals surface area contributed by atoms with Crippen molar-refractivity contribution < 1.29 is 4.79 Å². The lowest BCUT2D eigenvalue weighted by Crippen LogP contribution is -2.62. The third kappa shape index (κ3) is 1.98. The van der Waals surface area contributed by atoms with E-state index in [9.17, 15) is 4.79 Å². The zero-order chi connectivity index (χ0) is 13.3. The van der Waals surface area contributed by atoms with Gasteiger partial charge in [-0.15, -0.1) is 0 Å². The van der Waals surface area contributed by atoms with Gasteiger partial charge < -0.3 is 15.5 Å². The Labute approximate surface area is 107 Å². The topological polar surface area (TPSA) is 70.2 Å². The number of hydrogen-bond acceptors (Lipinski definition) is 5. The fourth-order valence-electron chi connectivity index (χ4n) is 2.10. The van der Waals surface area contributed by atoms with Crippen molar-refractivity contribution in [3.8, 4) is 0 Å². The highest BCUT2D eigenvalue weighted by Crippen LogP contribution is 2.27. The standard InChI is InChI=1S/C12H19N5O/c1-8-7-15-11(13-4)16-9(8)17-6-5-14-10(18)12(17,2)3/h7H,5-6H2,1-4H3,(H,14,18)(H,13,15,16). The summed E-state index contributed by atoms with van der Waals surface area (Å²) in [6.45, 7) is 7.15. The summed E-state index contributed by atoms with van der Waals surface area (Å²) in [5.41, 5.74) is 0.374. The first-order valence-electron chi connectivity index (χ1n) is 6.04. The molecule has 0 unspecified atom stereocenters. The van der Waals surface area contributed by atoms with E-state index in [2.05, 4.69) is 20.6 Å². The summed E-state index contributed by atoms with van der Waals surface area (Å²) >= 11 is 0. The Hall–Kier alpha value is -1.85. The first kappa shape index (κ1) is 12.6. The number of piperazine rings is 1. The molecule has 0 atom stereocenters. The minimum Gasteiger partial charge on any atom is -0.357 e. The molecule has 0 aliphatic carbocycles. The second-order valence-corrected chi connectivity index (χ2v) is 4.92. The van der Waals surface area contributed by atoms with Crippen LogP contribution < -0.4 is 15.5 Å². The molecule has 0 aromatic carbocycles. The monoisotopic (exact) mass is 249 g/mol. The number of amides is 1. The van der Waals surface area contributed by atoms with Gasteiger partial charge in [0.1, 0.15) is 11.4 Å². The highest BCUT2D eigenvalue weighted by atomic mass is 16.2. The molecule has 98 valence electrons. The molecule has 1 aromatic heterocycles. The van der Waals surface area contributed by atoms with Crippen molar-refractivity contribution in [2.75, 3.05) is 30.4 Å². The zero-order valence-electron chi connectivity index (χ0n) is 11.2. The molecule has 6 nitrogen and oxygen atoms in total. The van der Waals surface area contributed by atoms with Gasteiger partial charge in [0.25, 0.3) is 0 Å². The first-order valence-corrected chi connectivity index (χ1v) is 6.04. The van der Waals surface area contributed by atoms with Gasteiger partial charge in [-0.3, -0.25) is 4.79 Å². The number of anilines is 2. The SMILES string of the molecule is CNc1ncc(C)c(N2CCNC(=O)C2(C)C)n1. The summed E-state index contributed by atoms with van der Waals surface area (Å²) in [4.78, 5) is 22.6. The fourth-order valence-corrected chi connectivity index (χ4v) is 2.10. The number of carbonyl (C=O) groups excluding carboxylic acids is 1. The molecule has 1 amide bonds. The van der Waals surface area contributed by atoms with E-state index >= 15 is 0 Å². The molecule has 1 fully saturated rings. The van der Waals surface area contributed by atoms with E-state index in [1.54, 1.807) is 13.2 Å². The molecule has 0 radical (unpaired) electrons. The number of hydrogen-bond donors (Lipinski definition) is 2. The Morgan fingerprint density at radius 1 is 1.50 bits per heavy atom. The lowest BCUT2D eigenvalue weighted by molar-refractivity contribution is -0.126. The van der Waals surface area contributed by atoms with Gasteiger partial charge in [-0.1, -0.05) is 0 Å². The summed E-state index contributed by atoms with van der Waals surface area (Å²) in [7, 11) is 1.78. The summed E-state index contributed by atoms with van der Waals surface area (Å²) in [5, 5.41) is 5.80. The third-order valence-electron chi connectivity index (χ3n) is 3.28. The van der Waals surface area contributed by atoms with Crippen molar-refractivity contribution in [3.63, 3.8) is 0 Å². The quantitative estimate of drug-likeness (QED) is 0.800. The highest BCUT2D eigenvalue weighted by Gasteiger charge is 2.39. The molecule has 1 saturated heterocycles. The van der Waals surface area contributed by atoms with Crippen LogP contribution in [0.1, 0.15) is 19.4 Å². The van der Waals surface area contributed by atoms with Gasteiger partial charge in [0.05, 0.1) is 0 Å². The van der Waals surface area contributed by atoms with Crippen molar-refractivity contribution >= 4 is 17.7 Å². The molecule has 1 aliphatic heterocycles. The van der Waals surface area contributed by atoms with Crippen LogP contribution >= 0.6 is 0 Å². The van der Waals surface area contributed by atoms with E-state index in [0.29, 0.717) is 12.5 Å². The van der Waals surface area contributed by atoms with E-state index in [-0.39, 0.29) is 5.91 Å². The molecule has 1 aromatic rings. The van der Waals surface area contributed by atoms with Gasteiger partial charge in [0.2, 0.25) is 11.9 Å². The minimum absolute atomic E-state index is 0.0257. The molecular formula is C12H19N5O. The number of carbonyl (C=O) groups is 1. The van der Waals surface area contributed by atoms with Crippen LogP contribution in [0.4, 0.5) is 11.8 Å². The van der Waals surface area contributed by atoms with E-state index in [1.165, 1.54) is 0 Å². The number of aromatic nitrogens is 2. The molecule has 6 heteroatoms. The zero-order valence-corrected chi connectivity index (χ0v) is 11.2. The van der Waals surface area contributed by atoms with E-state index in [4.69, 9.17) is 0 Å². The van der Waals surface area contributed by atoms with Crippen LogP contribution in [-0.2, 0) is 4.79 Å². The van der Waals surface area contributed by atoms with E-state index in [0.717, 1.165) is 17.9 Å². The van der Waals surface area contributed by atoms with Crippen molar-refractivity contribution in [2.45, 2.75) is 26.3 Å². The average molecular weight is 249 g/mol. The molecule has 0 saturated carbocycles. The summed E-state index contributed by atoms with van der Waals surface area (Å²) in [6.07, 6.45) is 1.77. The van der Waals surface area contributed by atoms with Crippen molar-refractivity contribution in [2.24, 2.45) is 0 Å². The highest BCUT2D eigenvalue weighted by molar-refractivity contribution is 5.90. The average Bonchev–Trinajstić information content (AvgIpc) is 2.34. The molecule has 18 heavy (non-hydrogen) atoms. The van der Waals surface area contributed by atoms with Gasteiger partial charge in [0, 0.05) is 31.9 Å². The maximum atomic E-state index is 12.0. The Morgan fingerprint density at radius 2 is 2.22 bits per heavy atom. The first-order chi connectivity index (χ1) is 8.46.